The number of amides is 1. The number of hydrogen-bond acceptors (Lipinski definition) is 4. The molecule has 0 spiro atoms. The average Bonchev–Trinajstić information content (AvgIpc) is 2.56. The van der Waals surface area contributed by atoms with Crippen LogP contribution in [0.4, 0.5) is 5.69 Å². The van der Waals surface area contributed by atoms with Gasteiger partial charge in [0.1, 0.15) is 18.0 Å². The van der Waals surface area contributed by atoms with Crippen LogP contribution in [0.15, 0.2) is 36.4 Å². The molecule has 1 aliphatic rings. The van der Waals surface area contributed by atoms with E-state index in [1.807, 2.05) is 38.1 Å². The number of carbonyl (C=O) groups is 1. The van der Waals surface area contributed by atoms with Gasteiger partial charge in [-0.15, -0.1) is 0 Å². The number of phenolic OH excluding ortho intramolecular Hbond substituents is 1. The summed E-state index contributed by atoms with van der Waals surface area (Å²) in [4.78, 5) is 14.1. The van der Waals surface area contributed by atoms with E-state index in [0.717, 1.165) is 16.7 Å². The number of ether oxygens (including phenoxy) is 1. The van der Waals surface area contributed by atoms with E-state index in [0.29, 0.717) is 17.9 Å². The quantitative estimate of drug-likeness (QED) is 0.882. The lowest BCUT2D eigenvalue weighted by atomic mass is 9.97. The van der Waals surface area contributed by atoms with Gasteiger partial charge < -0.3 is 9.84 Å². The van der Waals surface area contributed by atoms with Gasteiger partial charge in [-0.25, -0.2) is 0 Å². The van der Waals surface area contributed by atoms with Crippen LogP contribution in [-0.2, 0) is 11.2 Å². The number of anilines is 1. The van der Waals surface area contributed by atoms with Crippen molar-refractivity contribution in [1.29, 1.82) is 5.26 Å². The molecule has 0 fully saturated rings. The third-order valence-corrected chi connectivity index (χ3v) is 4.39. The number of aromatic hydroxyl groups is 1. The first-order chi connectivity index (χ1) is 11.5. The van der Waals surface area contributed by atoms with Crippen molar-refractivity contribution < 1.29 is 14.6 Å². The van der Waals surface area contributed by atoms with Crippen LogP contribution in [0.3, 0.4) is 0 Å². The summed E-state index contributed by atoms with van der Waals surface area (Å²) in [7, 11) is 0. The van der Waals surface area contributed by atoms with Gasteiger partial charge >= 0.3 is 0 Å². The Hall–Kier alpha value is -3.00. The lowest BCUT2D eigenvalue weighted by molar-refractivity contribution is -0.126. The minimum atomic E-state index is -0.684. The second-order valence-corrected chi connectivity index (χ2v) is 5.90. The lowest BCUT2D eigenvalue weighted by Gasteiger charge is -2.33. The third-order valence-electron chi connectivity index (χ3n) is 4.39. The average molecular weight is 322 g/mol. The summed E-state index contributed by atoms with van der Waals surface area (Å²) in [6.07, 6.45) is -0.245. The summed E-state index contributed by atoms with van der Waals surface area (Å²) in [6.45, 7) is 3.97. The van der Waals surface area contributed by atoms with E-state index in [-0.39, 0.29) is 18.2 Å². The van der Waals surface area contributed by atoms with Crippen LogP contribution in [0, 0.1) is 25.2 Å². The zero-order valence-corrected chi connectivity index (χ0v) is 13.6. The molecule has 122 valence electrons. The second kappa shape index (κ2) is 6.25. The molecule has 1 N–H and O–H groups in total. The SMILES string of the molecule is Cc1cccc(CC2Oc3ccc(O)cc3N(CC#N)C2=O)c1C. The van der Waals surface area contributed by atoms with E-state index in [1.54, 1.807) is 6.07 Å². The Morgan fingerprint density at radius 1 is 1.29 bits per heavy atom. The molecular weight excluding hydrogens is 304 g/mol. The number of hydrogen-bond donors (Lipinski definition) is 1. The summed E-state index contributed by atoms with van der Waals surface area (Å²) < 4.78 is 5.86. The van der Waals surface area contributed by atoms with Crippen molar-refractivity contribution in [3.8, 4) is 17.6 Å². The molecule has 5 heteroatoms. The highest BCUT2D eigenvalue weighted by Crippen LogP contribution is 2.37. The van der Waals surface area contributed by atoms with E-state index in [9.17, 15) is 9.90 Å². The number of aryl methyl sites for hydroxylation is 1. The van der Waals surface area contributed by atoms with Crippen LogP contribution in [0.2, 0.25) is 0 Å². The molecule has 24 heavy (non-hydrogen) atoms. The largest absolute Gasteiger partial charge is 0.508 e. The predicted octanol–water partition coefficient (Wildman–Crippen LogP) is 2.87. The van der Waals surface area contributed by atoms with Crippen molar-refractivity contribution in [1.82, 2.24) is 0 Å². The molecule has 1 heterocycles. The zero-order chi connectivity index (χ0) is 17.3. The number of carbonyl (C=O) groups excluding carboxylic acids is 1. The number of phenols is 1. The second-order valence-electron chi connectivity index (χ2n) is 5.90. The van der Waals surface area contributed by atoms with Gasteiger partial charge in [0.2, 0.25) is 0 Å². The smallest absolute Gasteiger partial charge is 0.269 e. The predicted molar refractivity (Wildman–Crippen MR) is 90.1 cm³/mol. The van der Waals surface area contributed by atoms with Gasteiger partial charge in [0.25, 0.3) is 5.91 Å². The summed E-state index contributed by atoms with van der Waals surface area (Å²) in [5, 5.41) is 18.7. The molecule has 2 aromatic rings. The van der Waals surface area contributed by atoms with Gasteiger partial charge in [0.05, 0.1) is 11.8 Å². The first kappa shape index (κ1) is 15.9. The Balaban J connectivity index is 1.96. The van der Waals surface area contributed by atoms with Crippen LogP contribution >= 0.6 is 0 Å². The summed E-state index contributed by atoms with van der Waals surface area (Å²) in [6, 6.07) is 12.6. The van der Waals surface area contributed by atoms with Gasteiger partial charge in [-0.1, -0.05) is 18.2 Å². The van der Waals surface area contributed by atoms with E-state index >= 15 is 0 Å². The maximum Gasteiger partial charge on any atom is 0.269 e. The topological polar surface area (TPSA) is 73.6 Å². The molecule has 1 amide bonds. The Morgan fingerprint density at radius 2 is 2.08 bits per heavy atom. The molecule has 0 radical (unpaired) electrons. The van der Waals surface area contributed by atoms with Crippen LogP contribution in [0.5, 0.6) is 11.5 Å². The number of rotatable bonds is 3. The summed E-state index contributed by atoms with van der Waals surface area (Å²) in [5.41, 5.74) is 3.78. The van der Waals surface area contributed by atoms with Crippen molar-refractivity contribution in [3.63, 3.8) is 0 Å². The highest BCUT2D eigenvalue weighted by Gasteiger charge is 2.34. The van der Waals surface area contributed by atoms with Crippen molar-refractivity contribution in [3.05, 3.63) is 53.1 Å². The molecule has 5 nitrogen and oxygen atoms in total. The van der Waals surface area contributed by atoms with Crippen LogP contribution in [0.25, 0.3) is 0 Å². The summed E-state index contributed by atoms with van der Waals surface area (Å²) >= 11 is 0. The maximum absolute atomic E-state index is 12.8. The van der Waals surface area contributed by atoms with E-state index < -0.39 is 6.10 Å². The number of nitrogens with zero attached hydrogens (tertiary/aromatic N) is 2. The highest BCUT2D eigenvalue weighted by molar-refractivity contribution is 6.00. The van der Waals surface area contributed by atoms with Gasteiger partial charge in [0.15, 0.2) is 6.10 Å². The molecule has 0 aromatic heterocycles. The molecule has 1 atom stereocenters. The molecule has 2 aromatic carbocycles. The van der Waals surface area contributed by atoms with Crippen molar-refractivity contribution in [2.24, 2.45) is 0 Å². The summed E-state index contributed by atoms with van der Waals surface area (Å²) in [5.74, 6) is 0.259. The minimum absolute atomic E-state index is 0.0288. The monoisotopic (exact) mass is 322 g/mol. The first-order valence-corrected chi connectivity index (χ1v) is 7.74. The fourth-order valence-electron chi connectivity index (χ4n) is 2.91. The Bertz CT molecular complexity index is 839. The van der Waals surface area contributed by atoms with E-state index in [2.05, 4.69) is 0 Å². The van der Waals surface area contributed by atoms with Crippen molar-refractivity contribution in [2.45, 2.75) is 26.4 Å². The molecule has 1 aliphatic heterocycles. The minimum Gasteiger partial charge on any atom is -0.508 e. The number of nitriles is 1. The standard InChI is InChI=1S/C19H18N2O3/c1-12-4-3-5-14(13(12)2)10-18-19(23)21(9-8-20)16-11-15(22)6-7-17(16)24-18/h3-7,11,18,22H,9-10H2,1-2H3. The molecule has 0 saturated heterocycles. The van der Waals surface area contributed by atoms with Crippen LogP contribution in [-0.4, -0.2) is 23.7 Å². The Labute approximate surface area is 140 Å². The Morgan fingerprint density at radius 3 is 2.83 bits per heavy atom. The zero-order valence-electron chi connectivity index (χ0n) is 13.6. The molecular formula is C19H18N2O3. The number of fused-ring (bicyclic) bond motifs is 1. The van der Waals surface area contributed by atoms with Gasteiger partial charge in [-0.3, -0.25) is 9.69 Å². The van der Waals surface area contributed by atoms with Crippen LogP contribution < -0.4 is 9.64 Å². The van der Waals surface area contributed by atoms with E-state index in [4.69, 9.17) is 10.00 Å². The van der Waals surface area contributed by atoms with Gasteiger partial charge in [0, 0.05) is 12.5 Å². The fourth-order valence-corrected chi connectivity index (χ4v) is 2.91. The molecule has 0 saturated carbocycles. The third kappa shape index (κ3) is 2.79. The van der Waals surface area contributed by atoms with Crippen LogP contribution in [0.1, 0.15) is 16.7 Å². The fraction of sp³-hybridized carbons (Fsp3) is 0.263. The normalized spacial score (nSPS) is 16.3. The number of benzene rings is 2. The first-order valence-electron chi connectivity index (χ1n) is 7.74. The van der Waals surface area contributed by atoms with Crippen molar-refractivity contribution >= 4 is 11.6 Å². The van der Waals surface area contributed by atoms with Crippen molar-refractivity contribution in [2.75, 3.05) is 11.4 Å². The lowest BCUT2D eigenvalue weighted by Crippen LogP contribution is -2.47. The molecule has 0 aliphatic carbocycles. The Kier molecular flexibility index (Phi) is 4.13. The van der Waals surface area contributed by atoms with Gasteiger partial charge in [-0.05, 0) is 42.7 Å². The van der Waals surface area contributed by atoms with E-state index in [1.165, 1.54) is 17.0 Å². The highest BCUT2D eigenvalue weighted by atomic mass is 16.5. The molecule has 3 rings (SSSR count). The maximum atomic E-state index is 12.8. The molecule has 1 unspecified atom stereocenters. The molecule has 0 bridgehead atoms. The van der Waals surface area contributed by atoms with Gasteiger partial charge in [-0.2, -0.15) is 5.26 Å².